The van der Waals surface area contributed by atoms with Gasteiger partial charge in [-0.05, 0) is 97.8 Å². The third kappa shape index (κ3) is 6.74. The molecule has 2 aliphatic carbocycles. The highest BCUT2D eigenvalue weighted by atomic mass is 32.2. The highest BCUT2D eigenvalue weighted by molar-refractivity contribution is 7.92. The van der Waals surface area contributed by atoms with Crippen LogP contribution in [-0.2, 0) is 16.4 Å². The second kappa shape index (κ2) is 12.9. The number of anilines is 2. The summed E-state index contributed by atoms with van der Waals surface area (Å²) >= 11 is 0. The molecule has 1 fully saturated rings. The first-order chi connectivity index (χ1) is 22.1. The largest absolute Gasteiger partial charge is 0.506 e. The predicted octanol–water partition coefficient (Wildman–Crippen LogP) is 7.47. The summed E-state index contributed by atoms with van der Waals surface area (Å²) in [5, 5.41) is 19.8. The van der Waals surface area contributed by atoms with Crippen molar-refractivity contribution in [3.8, 4) is 5.75 Å². The third-order valence-corrected chi connectivity index (χ3v) is 9.89. The van der Waals surface area contributed by atoms with Crippen LogP contribution in [0.1, 0.15) is 71.7 Å². The minimum atomic E-state index is -3.97. The summed E-state index contributed by atoms with van der Waals surface area (Å²) in [5.41, 5.74) is 2.69. The van der Waals surface area contributed by atoms with E-state index in [0.717, 1.165) is 37.8 Å². The molecule has 0 amide bonds. The second-order valence-electron chi connectivity index (χ2n) is 12.1. The Morgan fingerprint density at radius 2 is 1.54 bits per heavy atom. The minimum absolute atomic E-state index is 0.0457. The SMILES string of the molecule is CN(C)c1ccc(N=Nc2ccc(S(=O)(=O)Nc3cccc(C(c4c(O)c5c(oc4=O)CCCCCC5=O)C4CC4)c3)cc2)cc1. The number of carbonyl (C=O) groups excluding carboxylic acids is 1. The molecule has 0 bridgehead atoms. The van der Waals surface area contributed by atoms with E-state index in [2.05, 4.69) is 15.0 Å². The molecule has 3 aromatic carbocycles. The Balaban J connectivity index is 1.23. The summed E-state index contributed by atoms with van der Waals surface area (Å²) in [7, 11) is -0.0573. The number of carbonyl (C=O) groups is 1. The van der Waals surface area contributed by atoms with Crippen molar-refractivity contribution in [2.45, 2.75) is 55.8 Å². The fourth-order valence-electron chi connectivity index (χ4n) is 5.93. The lowest BCUT2D eigenvalue weighted by atomic mass is 9.85. The van der Waals surface area contributed by atoms with Gasteiger partial charge >= 0.3 is 5.63 Å². The Bertz CT molecular complexity index is 1950. The van der Waals surface area contributed by atoms with Crippen molar-refractivity contribution in [2.75, 3.05) is 23.7 Å². The zero-order chi connectivity index (χ0) is 32.4. The van der Waals surface area contributed by atoms with Crippen molar-refractivity contribution >= 4 is 38.6 Å². The molecule has 0 radical (unpaired) electrons. The van der Waals surface area contributed by atoms with Gasteiger partial charge in [-0.1, -0.05) is 18.6 Å². The Hall–Kier alpha value is -4.77. The monoisotopic (exact) mass is 640 g/mol. The van der Waals surface area contributed by atoms with Crippen LogP contribution in [0.3, 0.4) is 0 Å². The zero-order valence-corrected chi connectivity index (χ0v) is 26.6. The van der Waals surface area contributed by atoms with Crippen LogP contribution >= 0.6 is 0 Å². The van der Waals surface area contributed by atoms with Gasteiger partial charge in [-0.15, -0.1) is 0 Å². The van der Waals surface area contributed by atoms with Gasteiger partial charge in [-0.2, -0.15) is 10.2 Å². The Morgan fingerprint density at radius 3 is 2.20 bits per heavy atom. The van der Waals surface area contributed by atoms with E-state index in [9.17, 15) is 23.1 Å². The lowest BCUT2D eigenvalue weighted by molar-refractivity contribution is 0.0968. The lowest BCUT2D eigenvalue weighted by Gasteiger charge is -2.21. The van der Waals surface area contributed by atoms with Crippen LogP contribution < -0.4 is 15.2 Å². The molecule has 0 spiro atoms. The molecule has 0 saturated heterocycles. The van der Waals surface area contributed by atoms with Gasteiger partial charge in [0.05, 0.1) is 27.4 Å². The first kappa shape index (κ1) is 31.2. The van der Waals surface area contributed by atoms with Crippen molar-refractivity contribution in [3.05, 3.63) is 106 Å². The van der Waals surface area contributed by atoms with Gasteiger partial charge < -0.3 is 14.4 Å². The molecule has 11 heteroatoms. The van der Waals surface area contributed by atoms with Gasteiger partial charge in [0.25, 0.3) is 10.0 Å². The Labute approximate surface area is 267 Å². The molecule has 10 nitrogen and oxygen atoms in total. The summed E-state index contributed by atoms with van der Waals surface area (Å²) in [6.07, 6.45) is 4.71. The fraction of sp³-hybridized carbons (Fsp3) is 0.314. The van der Waals surface area contributed by atoms with Crippen LogP contribution in [0.2, 0.25) is 0 Å². The maximum atomic E-state index is 13.3. The van der Waals surface area contributed by atoms with Gasteiger partial charge in [0.15, 0.2) is 5.78 Å². The number of ketones is 1. The number of rotatable bonds is 9. The average Bonchev–Trinajstić information content (AvgIpc) is 3.86. The number of sulfonamides is 1. The van der Waals surface area contributed by atoms with Crippen LogP contribution in [0.15, 0.2) is 97.1 Å². The van der Waals surface area contributed by atoms with Crippen LogP contribution in [0.25, 0.3) is 0 Å². The van der Waals surface area contributed by atoms with Gasteiger partial charge in [0, 0.05) is 44.2 Å². The quantitative estimate of drug-likeness (QED) is 0.181. The molecule has 1 aromatic heterocycles. The summed E-state index contributed by atoms with van der Waals surface area (Å²) in [4.78, 5) is 28.3. The first-order valence-corrected chi connectivity index (χ1v) is 16.9. The maximum Gasteiger partial charge on any atom is 0.343 e. The number of aromatic hydroxyl groups is 1. The highest BCUT2D eigenvalue weighted by Crippen LogP contribution is 2.49. The van der Waals surface area contributed by atoms with Crippen LogP contribution in [0, 0.1) is 5.92 Å². The highest BCUT2D eigenvalue weighted by Gasteiger charge is 2.39. The fourth-order valence-corrected chi connectivity index (χ4v) is 6.98. The van der Waals surface area contributed by atoms with Gasteiger partial charge in [-0.3, -0.25) is 9.52 Å². The standard InChI is InChI=1S/C35H36N4O6S/c1-39(2)27-17-13-24(14-18-27)36-37-25-15-19-28(20-16-25)46(43,44)38-26-8-6-7-23(21-26)31(22-11-12-22)33-34(41)32-29(40)9-4-3-5-10-30(32)45-35(33)42/h6-8,13-22,31,38,41H,3-5,9-12H2,1-2H3. The van der Waals surface area contributed by atoms with E-state index < -0.39 is 21.6 Å². The number of nitrogens with one attached hydrogen (secondary N) is 1. The van der Waals surface area contributed by atoms with E-state index >= 15 is 0 Å². The third-order valence-electron chi connectivity index (χ3n) is 8.49. The predicted molar refractivity (Wildman–Crippen MR) is 176 cm³/mol. The number of nitrogens with zero attached hydrogens (tertiary/aromatic N) is 3. The Morgan fingerprint density at radius 1 is 0.891 bits per heavy atom. The van der Waals surface area contributed by atoms with Crippen LogP contribution in [0.4, 0.5) is 22.7 Å². The molecule has 4 aromatic rings. The van der Waals surface area contributed by atoms with Crippen molar-refractivity contribution < 1.29 is 22.7 Å². The number of benzene rings is 3. The van der Waals surface area contributed by atoms with Gasteiger partial charge in [0.1, 0.15) is 11.5 Å². The number of fused-ring (bicyclic) bond motifs is 1. The molecule has 238 valence electrons. The van der Waals surface area contributed by atoms with Crippen molar-refractivity contribution in [1.29, 1.82) is 0 Å². The van der Waals surface area contributed by atoms with Crippen LogP contribution in [-0.4, -0.2) is 33.4 Å². The molecule has 46 heavy (non-hydrogen) atoms. The maximum absolute atomic E-state index is 13.3. The van der Waals surface area contributed by atoms with Gasteiger partial charge in [0.2, 0.25) is 0 Å². The second-order valence-corrected chi connectivity index (χ2v) is 13.8. The van der Waals surface area contributed by atoms with Crippen molar-refractivity contribution in [1.82, 2.24) is 0 Å². The van der Waals surface area contributed by atoms with E-state index in [1.807, 2.05) is 43.3 Å². The van der Waals surface area contributed by atoms with E-state index in [1.54, 1.807) is 36.4 Å². The molecular formula is C35H36N4O6S. The summed E-state index contributed by atoms with van der Waals surface area (Å²) in [6, 6.07) is 20.4. The number of azo groups is 1. The molecular weight excluding hydrogens is 604 g/mol. The minimum Gasteiger partial charge on any atom is -0.506 e. The molecule has 1 unspecified atom stereocenters. The molecule has 2 N–H and O–H groups in total. The number of aryl methyl sites for hydroxylation is 1. The zero-order valence-electron chi connectivity index (χ0n) is 25.8. The van der Waals surface area contributed by atoms with E-state index in [0.29, 0.717) is 29.0 Å². The number of hydrogen-bond acceptors (Lipinski definition) is 9. The van der Waals surface area contributed by atoms with Crippen LogP contribution in [0.5, 0.6) is 5.75 Å². The number of hydrogen-bond donors (Lipinski definition) is 2. The smallest absolute Gasteiger partial charge is 0.343 e. The lowest BCUT2D eigenvalue weighted by Crippen LogP contribution is -2.21. The van der Waals surface area contributed by atoms with Crippen molar-refractivity contribution in [2.24, 2.45) is 16.1 Å². The van der Waals surface area contributed by atoms with E-state index in [4.69, 9.17) is 4.42 Å². The number of Topliss-reactive ketones (excluding diaryl/α,β-unsaturated/α-hetero) is 1. The Kier molecular flexibility index (Phi) is 8.77. The van der Waals surface area contributed by atoms with Crippen molar-refractivity contribution in [3.63, 3.8) is 0 Å². The topological polar surface area (TPSA) is 142 Å². The van der Waals surface area contributed by atoms with E-state index in [-0.39, 0.29) is 45.7 Å². The molecule has 6 rings (SSSR count). The molecule has 1 atom stereocenters. The first-order valence-electron chi connectivity index (χ1n) is 15.4. The summed E-state index contributed by atoms with van der Waals surface area (Å²) in [6.45, 7) is 0. The molecule has 2 aliphatic rings. The van der Waals surface area contributed by atoms with Gasteiger partial charge in [-0.25, -0.2) is 13.2 Å². The van der Waals surface area contributed by atoms with E-state index in [1.165, 1.54) is 12.1 Å². The average molecular weight is 641 g/mol. The molecule has 1 heterocycles. The summed E-state index contributed by atoms with van der Waals surface area (Å²) in [5.74, 6) is -0.774. The normalized spacial score (nSPS) is 16.0. The molecule has 0 aliphatic heterocycles. The molecule has 1 saturated carbocycles. The summed E-state index contributed by atoms with van der Waals surface area (Å²) < 4.78 is 35.0.